The van der Waals surface area contributed by atoms with Crippen molar-refractivity contribution in [1.29, 1.82) is 0 Å². The molecular formula is C19H23NO4. The average molecular weight is 329 g/mol. The first kappa shape index (κ1) is 17.7. The van der Waals surface area contributed by atoms with Gasteiger partial charge in [0, 0.05) is 5.56 Å². The lowest BCUT2D eigenvalue weighted by atomic mass is 10.1. The van der Waals surface area contributed by atoms with Gasteiger partial charge < -0.3 is 19.5 Å². The largest absolute Gasteiger partial charge is 0.497 e. The molecule has 0 aliphatic heterocycles. The van der Waals surface area contributed by atoms with Gasteiger partial charge in [-0.15, -0.1) is 0 Å². The number of rotatable bonds is 7. The van der Waals surface area contributed by atoms with Crippen molar-refractivity contribution in [1.82, 2.24) is 5.32 Å². The molecule has 5 nitrogen and oxygen atoms in total. The number of para-hydroxylation sites is 1. The Morgan fingerprint density at radius 1 is 0.958 bits per heavy atom. The number of carbonyl (C=O) groups is 1. The molecule has 0 aliphatic rings. The van der Waals surface area contributed by atoms with Gasteiger partial charge in [-0.2, -0.15) is 0 Å². The molecule has 128 valence electrons. The van der Waals surface area contributed by atoms with Gasteiger partial charge in [0.25, 0.3) is 5.91 Å². The number of methoxy groups -OCH3 is 2. The van der Waals surface area contributed by atoms with E-state index in [-0.39, 0.29) is 11.9 Å². The Morgan fingerprint density at radius 2 is 1.67 bits per heavy atom. The van der Waals surface area contributed by atoms with Crippen LogP contribution in [0.5, 0.6) is 17.2 Å². The predicted molar refractivity (Wildman–Crippen MR) is 92.6 cm³/mol. The fourth-order valence-electron chi connectivity index (χ4n) is 2.34. The molecule has 5 heteroatoms. The highest BCUT2D eigenvalue weighted by molar-refractivity contribution is 5.81. The van der Waals surface area contributed by atoms with Crippen LogP contribution < -0.4 is 19.5 Å². The molecule has 1 amide bonds. The smallest absolute Gasteiger partial charge is 0.261 e. The first-order valence-electron chi connectivity index (χ1n) is 7.79. The van der Waals surface area contributed by atoms with E-state index in [0.29, 0.717) is 17.2 Å². The third kappa shape index (κ3) is 4.41. The van der Waals surface area contributed by atoms with Crippen molar-refractivity contribution in [3.63, 3.8) is 0 Å². The van der Waals surface area contributed by atoms with E-state index >= 15 is 0 Å². The fraction of sp³-hybridized carbons (Fsp3) is 0.316. The van der Waals surface area contributed by atoms with Gasteiger partial charge in [0.05, 0.1) is 20.3 Å². The minimum absolute atomic E-state index is 0.198. The van der Waals surface area contributed by atoms with Crippen molar-refractivity contribution >= 4 is 5.91 Å². The summed E-state index contributed by atoms with van der Waals surface area (Å²) in [6, 6.07) is 14.5. The average Bonchev–Trinajstić information content (AvgIpc) is 2.61. The minimum atomic E-state index is -0.605. The molecule has 0 aromatic heterocycles. The number of benzene rings is 2. The van der Waals surface area contributed by atoms with E-state index < -0.39 is 6.10 Å². The highest BCUT2D eigenvalue weighted by atomic mass is 16.5. The summed E-state index contributed by atoms with van der Waals surface area (Å²) in [6.07, 6.45) is -0.605. The van der Waals surface area contributed by atoms with E-state index in [1.807, 2.05) is 55.5 Å². The summed E-state index contributed by atoms with van der Waals surface area (Å²) < 4.78 is 16.3. The summed E-state index contributed by atoms with van der Waals surface area (Å²) >= 11 is 0. The zero-order chi connectivity index (χ0) is 17.5. The van der Waals surface area contributed by atoms with Crippen LogP contribution in [-0.2, 0) is 4.79 Å². The van der Waals surface area contributed by atoms with Crippen molar-refractivity contribution in [2.24, 2.45) is 0 Å². The standard InChI is InChI=1S/C19H23NO4/c1-13(17-12-16(22-3)10-11-18(17)23-4)20-19(21)14(2)24-15-8-6-5-7-9-15/h5-14H,1-4H3,(H,20,21)/t13-,14+/m1/s1. The Balaban J connectivity index is 2.05. The Labute approximate surface area is 142 Å². The zero-order valence-electron chi connectivity index (χ0n) is 14.4. The molecule has 0 unspecified atom stereocenters. The van der Waals surface area contributed by atoms with Gasteiger partial charge in [-0.1, -0.05) is 18.2 Å². The maximum Gasteiger partial charge on any atom is 0.261 e. The monoisotopic (exact) mass is 329 g/mol. The summed E-state index contributed by atoms with van der Waals surface area (Å²) in [5, 5.41) is 2.94. The van der Waals surface area contributed by atoms with Crippen LogP contribution in [0, 0.1) is 0 Å². The van der Waals surface area contributed by atoms with E-state index in [1.165, 1.54) is 0 Å². The van der Waals surface area contributed by atoms with Gasteiger partial charge in [0.1, 0.15) is 17.2 Å². The molecule has 0 saturated carbocycles. The van der Waals surface area contributed by atoms with Crippen LogP contribution in [0.3, 0.4) is 0 Å². The van der Waals surface area contributed by atoms with Crippen molar-refractivity contribution < 1.29 is 19.0 Å². The van der Waals surface area contributed by atoms with E-state index in [9.17, 15) is 4.79 Å². The second-order valence-corrected chi connectivity index (χ2v) is 5.41. The molecule has 0 aliphatic carbocycles. The number of carbonyl (C=O) groups excluding carboxylic acids is 1. The number of hydrogen-bond acceptors (Lipinski definition) is 4. The number of hydrogen-bond donors (Lipinski definition) is 1. The molecule has 2 atom stereocenters. The van der Waals surface area contributed by atoms with E-state index in [2.05, 4.69) is 5.32 Å². The van der Waals surface area contributed by atoms with Gasteiger partial charge in [-0.05, 0) is 44.2 Å². The SMILES string of the molecule is COc1ccc(OC)c([C@@H](C)NC(=O)[C@H](C)Oc2ccccc2)c1. The molecule has 0 heterocycles. The summed E-state index contributed by atoms with van der Waals surface area (Å²) in [6.45, 7) is 3.61. The van der Waals surface area contributed by atoms with Gasteiger partial charge >= 0.3 is 0 Å². The van der Waals surface area contributed by atoms with Gasteiger partial charge in [0.15, 0.2) is 6.10 Å². The third-order valence-corrected chi connectivity index (χ3v) is 3.69. The topological polar surface area (TPSA) is 56.8 Å². The number of nitrogens with one attached hydrogen (secondary N) is 1. The lowest BCUT2D eigenvalue weighted by Gasteiger charge is -2.21. The molecule has 0 saturated heterocycles. The Hall–Kier alpha value is -2.69. The molecular weight excluding hydrogens is 306 g/mol. The molecule has 0 bridgehead atoms. The van der Waals surface area contributed by atoms with E-state index in [1.54, 1.807) is 21.1 Å². The predicted octanol–water partition coefficient (Wildman–Crippen LogP) is 3.35. The molecule has 0 spiro atoms. The van der Waals surface area contributed by atoms with Crippen LogP contribution in [-0.4, -0.2) is 26.2 Å². The highest BCUT2D eigenvalue weighted by Gasteiger charge is 2.20. The Bertz CT molecular complexity index is 672. The quantitative estimate of drug-likeness (QED) is 0.846. The number of ether oxygens (including phenoxy) is 3. The van der Waals surface area contributed by atoms with Gasteiger partial charge in [-0.3, -0.25) is 4.79 Å². The summed E-state index contributed by atoms with van der Waals surface area (Å²) in [5.74, 6) is 1.86. The molecule has 2 aromatic rings. The first-order valence-corrected chi connectivity index (χ1v) is 7.79. The van der Waals surface area contributed by atoms with Crippen LogP contribution in [0.2, 0.25) is 0 Å². The second-order valence-electron chi connectivity index (χ2n) is 5.41. The zero-order valence-corrected chi connectivity index (χ0v) is 14.4. The van der Waals surface area contributed by atoms with E-state index in [0.717, 1.165) is 5.56 Å². The molecule has 2 aromatic carbocycles. The third-order valence-electron chi connectivity index (χ3n) is 3.69. The van der Waals surface area contributed by atoms with E-state index in [4.69, 9.17) is 14.2 Å². The van der Waals surface area contributed by atoms with Crippen LogP contribution in [0.25, 0.3) is 0 Å². The normalized spacial score (nSPS) is 12.8. The Kier molecular flexibility index (Phi) is 6.07. The fourth-order valence-corrected chi connectivity index (χ4v) is 2.34. The Morgan fingerprint density at radius 3 is 2.29 bits per heavy atom. The molecule has 1 N–H and O–H groups in total. The van der Waals surface area contributed by atoms with Crippen LogP contribution in [0.15, 0.2) is 48.5 Å². The van der Waals surface area contributed by atoms with Crippen LogP contribution >= 0.6 is 0 Å². The summed E-state index contributed by atoms with van der Waals surface area (Å²) in [4.78, 5) is 12.4. The van der Waals surface area contributed by atoms with Crippen molar-refractivity contribution in [3.8, 4) is 17.2 Å². The number of amides is 1. The first-order chi connectivity index (χ1) is 11.5. The molecule has 0 fully saturated rings. The highest BCUT2D eigenvalue weighted by Crippen LogP contribution is 2.29. The lowest BCUT2D eigenvalue weighted by Crippen LogP contribution is -2.37. The van der Waals surface area contributed by atoms with Gasteiger partial charge in [0.2, 0.25) is 0 Å². The summed E-state index contributed by atoms with van der Waals surface area (Å²) in [7, 11) is 3.20. The maximum absolute atomic E-state index is 12.4. The van der Waals surface area contributed by atoms with Crippen LogP contribution in [0.1, 0.15) is 25.5 Å². The maximum atomic E-state index is 12.4. The minimum Gasteiger partial charge on any atom is -0.497 e. The molecule has 24 heavy (non-hydrogen) atoms. The summed E-state index contributed by atoms with van der Waals surface area (Å²) in [5.41, 5.74) is 0.845. The van der Waals surface area contributed by atoms with Crippen molar-refractivity contribution in [3.05, 3.63) is 54.1 Å². The van der Waals surface area contributed by atoms with Gasteiger partial charge in [-0.25, -0.2) is 0 Å². The van der Waals surface area contributed by atoms with Crippen molar-refractivity contribution in [2.75, 3.05) is 14.2 Å². The molecule has 0 radical (unpaired) electrons. The second kappa shape index (κ2) is 8.24. The lowest BCUT2D eigenvalue weighted by molar-refractivity contribution is -0.127. The van der Waals surface area contributed by atoms with Crippen molar-refractivity contribution in [2.45, 2.75) is 26.0 Å². The van der Waals surface area contributed by atoms with Crippen LogP contribution in [0.4, 0.5) is 0 Å². The molecule has 2 rings (SSSR count).